The first-order chi connectivity index (χ1) is 12.5. The number of carbonyl (C=O) groups excluding carboxylic acids is 1. The van der Waals surface area contributed by atoms with Crippen LogP contribution in [0.2, 0.25) is 5.02 Å². The molecule has 1 heterocycles. The number of rotatable bonds is 5. The van der Waals surface area contributed by atoms with Gasteiger partial charge in [0.1, 0.15) is 16.7 Å². The van der Waals surface area contributed by atoms with Crippen molar-refractivity contribution in [2.75, 3.05) is 6.54 Å². The van der Waals surface area contributed by atoms with Gasteiger partial charge in [-0.25, -0.2) is 0 Å². The first kappa shape index (κ1) is 19.4. The smallest absolute Gasteiger partial charge is 0.266 e. The lowest BCUT2D eigenvalue weighted by molar-refractivity contribution is -0.121. The highest BCUT2D eigenvalue weighted by Crippen LogP contribution is 2.35. The number of nitrogens with zero attached hydrogens (tertiary/aromatic N) is 1. The summed E-state index contributed by atoms with van der Waals surface area (Å²) in [5.41, 5.74) is 1.84. The van der Waals surface area contributed by atoms with Crippen LogP contribution in [0.5, 0.6) is 5.75 Å². The third-order valence-corrected chi connectivity index (χ3v) is 5.88. The summed E-state index contributed by atoms with van der Waals surface area (Å²) in [7, 11) is 0. The van der Waals surface area contributed by atoms with Crippen molar-refractivity contribution in [1.82, 2.24) is 4.90 Å². The number of likely N-dealkylation sites (N-methyl/N-ethyl adjacent to an activating group) is 1. The lowest BCUT2D eigenvalue weighted by Crippen LogP contribution is -2.27. The molecule has 7 heteroatoms. The fraction of sp³-hybridized carbons (Fsp3) is 0.158. The number of ether oxygens (including phenoxy) is 1. The molecule has 1 saturated heterocycles. The summed E-state index contributed by atoms with van der Waals surface area (Å²) in [6.07, 6.45) is 1.83. The second-order valence-corrected chi connectivity index (χ2v) is 8.55. The van der Waals surface area contributed by atoms with Crippen LogP contribution in [-0.2, 0) is 11.4 Å². The summed E-state index contributed by atoms with van der Waals surface area (Å²) in [6, 6.07) is 13.2. The van der Waals surface area contributed by atoms with Crippen LogP contribution < -0.4 is 4.74 Å². The van der Waals surface area contributed by atoms with Crippen molar-refractivity contribution in [1.29, 1.82) is 0 Å². The van der Waals surface area contributed by atoms with Crippen molar-refractivity contribution >= 4 is 67.8 Å². The fourth-order valence-electron chi connectivity index (χ4n) is 2.42. The molecule has 0 unspecified atom stereocenters. The van der Waals surface area contributed by atoms with E-state index in [1.165, 1.54) is 11.8 Å². The van der Waals surface area contributed by atoms with Crippen molar-refractivity contribution in [3.8, 4) is 5.75 Å². The number of hydrogen-bond acceptors (Lipinski definition) is 4. The maximum absolute atomic E-state index is 12.4. The molecule has 2 aromatic carbocycles. The van der Waals surface area contributed by atoms with E-state index in [-0.39, 0.29) is 5.91 Å². The van der Waals surface area contributed by atoms with Crippen molar-refractivity contribution < 1.29 is 9.53 Å². The van der Waals surface area contributed by atoms with Gasteiger partial charge in [0.05, 0.1) is 4.91 Å². The van der Waals surface area contributed by atoms with Gasteiger partial charge in [-0.15, -0.1) is 0 Å². The van der Waals surface area contributed by atoms with Crippen molar-refractivity contribution in [3.63, 3.8) is 0 Å². The van der Waals surface area contributed by atoms with Crippen molar-refractivity contribution in [3.05, 3.63) is 68.0 Å². The molecule has 26 heavy (non-hydrogen) atoms. The quantitative estimate of drug-likeness (QED) is 0.403. The minimum atomic E-state index is -0.0638. The van der Waals surface area contributed by atoms with E-state index in [2.05, 4.69) is 15.9 Å². The third kappa shape index (κ3) is 4.49. The Hall–Kier alpha value is -1.34. The molecule has 0 atom stereocenters. The Morgan fingerprint density at radius 1 is 1.27 bits per heavy atom. The van der Waals surface area contributed by atoms with Gasteiger partial charge in [-0.2, -0.15) is 0 Å². The zero-order valence-corrected chi connectivity index (χ0v) is 17.8. The van der Waals surface area contributed by atoms with Crippen LogP contribution in [0.15, 0.2) is 51.8 Å². The van der Waals surface area contributed by atoms with E-state index in [9.17, 15) is 4.79 Å². The summed E-state index contributed by atoms with van der Waals surface area (Å²) in [5, 5.41) is 0.691. The molecular weight excluding hydrogens is 454 g/mol. The molecule has 0 aliphatic carbocycles. The second-order valence-electron chi connectivity index (χ2n) is 5.52. The first-order valence-corrected chi connectivity index (χ1v) is 10.3. The number of hydrogen-bond donors (Lipinski definition) is 0. The molecule has 0 saturated carbocycles. The van der Waals surface area contributed by atoms with Crippen molar-refractivity contribution in [2.24, 2.45) is 0 Å². The molecule has 1 amide bonds. The Bertz CT molecular complexity index is 884. The van der Waals surface area contributed by atoms with Crippen LogP contribution >= 0.6 is 51.5 Å². The average molecular weight is 469 g/mol. The van der Waals surface area contributed by atoms with Gasteiger partial charge in [0, 0.05) is 21.6 Å². The summed E-state index contributed by atoms with van der Waals surface area (Å²) in [5.74, 6) is 0.635. The molecule has 0 spiro atoms. The minimum absolute atomic E-state index is 0.0638. The SMILES string of the molecule is CCN1C(=O)/C(=C\c2cc(Br)ccc2OCc2ccc(Cl)cc2)SC1=S. The normalized spacial score (nSPS) is 15.8. The van der Waals surface area contributed by atoms with E-state index in [4.69, 9.17) is 28.6 Å². The molecule has 2 aromatic rings. The van der Waals surface area contributed by atoms with E-state index in [0.29, 0.717) is 33.1 Å². The lowest BCUT2D eigenvalue weighted by Gasteiger charge is -2.11. The van der Waals surface area contributed by atoms with Crippen molar-refractivity contribution in [2.45, 2.75) is 13.5 Å². The highest BCUT2D eigenvalue weighted by atomic mass is 79.9. The van der Waals surface area contributed by atoms with Crippen LogP contribution in [0.4, 0.5) is 0 Å². The van der Waals surface area contributed by atoms with Gasteiger partial charge in [-0.3, -0.25) is 9.69 Å². The number of carbonyl (C=O) groups is 1. The predicted octanol–water partition coefficient (Wildman–Crippen LogP) is 5.90. The van der Waals surface area contributed by atoms with Gasteiger partial charge < -0.3 is 4.74 Å². The number of amides is 1. The molecule has 0 aromatic heterocycles. The molecule has 0 N–H and O–H groups in total. The summed E-state index contributed by atoms with van der Waals surface area (Å²) in [6.45, 7) is 2.89. The van der Waals surface area contributed by atoms with E-state index in [0.717, 1.165) is 15.6 Å². The van der Waals surface area contributed by atoms with Gasteiger partial charge in [0.2, 0.25) is 0 Å². The summed E-state index contributed by atoms with van der Waals surface area (Å²) in [4.78, 5) is 14.6. The largest absolute Gasteiger partial charge is 0.488 e. The molecule has 0 bridgehead atoms. The molecule has 1 aliphatic heterocycles. The number of benzene rings is 2. The monoisotopic (exact) mass is 467 g/mol. The Morgan fingerprint density at radius 3 is 2.65 bits per heavy atom. The van der Waals surface area contributed by atoms with Gasteiger partial charge in [-0.05, 0) is 48.9 Å². The highest BCUT2D eigenvalue weighted by molar-refractivity contribution is 9.10. The number of thiocarbonyl (C=S) groups is 1. The Kier molecular flexibility index (Phi) is 6.40. The zero-order chi connectivity index (χ0) is 18.7. The lowest BCUT2D eigenvalue weighted by atomic mass is 10.1. The number of halogens is 2. The van der Waals surface area contributed by atoms with Gasteiger partial charge in [0.15, 0.2) is 0 Å². The highest BCUT2D eigenvalue weighted by Gasteiger charge is 2.30. The Morgan fingerprint density at radius 2 is 2.00 bits per heavy atom. The maximum Gasteiger partial charge on any atom is 0.266 e. The number of thioether (sulfide) groups is 1. The second kappa shape index (κ2) is 8.57. The van der Waals surface area contributed by atoms with Crippen LogP contribution in [0, 0.1) is 0 Å². The zero-order valence-electron chi connectivity index (χ0n) is 13.9. The molecule has 134 valence electrons. The third-order valence-electron chi connectivity index (χ3n) is 3.76. The van der Waals surface area contributed by atoms with E-state index >= 15 is 0 Å². The van der Waals surface area contributed by atoms with Gasteiger partial charge in [0.25, 0.3) is 5.91 Å². The molecule has 3 nitrogen and oxygen atoms in total. The summed E-state index contributed by atoms with van der Waals surface area (Å²) >= 11 is 16.0. The van der Waals surface area contributed by atoms with Crippen LogP contribution in [0.1, 0.15) is 18.1 Å². The molecule has 0 radical (unpaired) electrons. The molecule has 3 rings (SSSR count). The molecule has 1 aliphatic rings. The van der Waals surface area contributed by atoms with Crippen LogP contribution in [0.25, 0.3) is 6.08 Å². The predicted molar refractivity (Wildman–Crippen MR) is 115 cm³/mol. The molecule has 1 fully saturated rings. The van der Waals surface area contributed by atoms with Gasteiger partial charge >= 0.3 is 0 Å². The first-order valence-electron chi connectivity index (χ1n) is 7.90. The maximum atomic E-state index is 12.4. The summed E-state index contributed by atoms with van der Waals surface area (Å²) < 4.78 is 7.46. The van der Waals surface area contributed by atoms with Gasteiger partial charge in [-0.1, -0.05) is 63.6 Å². The standard InChI is InChI=1S/C19H15BrClNO2S2/c1-2-22-18(23)17(26-19(22)25)10-13-9-14(20)5-8-16(13)24-11-12-3-6-15(21)7-4-12/h3-10H,2,11H2,1H3/b17-10+. The minimum Gasteiger partial charge on any atom is -0.488 e. The fourth-order valence-corrected chi connectivity index (χ4v) is 4.30. The average Bonchev–Trinajstić information content (AvgIpc) is 2.88. The van der Waals surface area contributed by atoms with Crippen LogP contribution in [0.3, 0.4) is 0 Å². The Balaban J connectivity index is 1.84. The van der Waals surface area contributed by atoms with E-state index in [1.807, 2.05) is 55.5 Å². The van der Waals surface area contributed by atoms with E-state index in [1.54, 1.807) is 4.90 Å². The molecular formula is C19H15BrClNO2S2. The van der Waals surface area contributed by atoms with Crippen LogP contribution in [-0.4, -0.2) is 21.7 Å². The Labute approximate surface area is 175 Å². The van der Waals surface area contributed by atoms with E-state index < -0.39 is 0 Å². The topological polar surface area (TPSA) is 29.5 Å².